The molecule has 0 aromatic heterocycles. The molecule has 0 saturated heterocycles. The van der Waals surface area contributed by atoms with E-state index in [2.05, 4.69) is 206 Å². The number of benzene rings is 9. The predicted octanol–water partition coefficient (Wildman–Crippen LogP) is 13.9. The van der Waals surface area contributed by atoms with Gasteiger partial charge >= 0.3 is 0 Å². The van der Waals surface area contributed by atoms with Crippen LogP contribution in [0.3, 0.4) is 0 Å². The van der Waals surface area contributed by atoms with Crippen LogP contribution >= 0.6 is 0 Å². The van der Waals surface area contributed by atoms with E-state index in [0.29, 0.717) is 0 Å². The summed E-state index contributed by atoms with van der Waals surface area (Å²) in [5, 5.41) is 2.66. The molecule has 0 spiro atoms. The maximum Gasteiger partial charge on any atom is 0.0713 e. The molecule has 0 amide bonds. The predicted molar refractivity (Wildman–Crippen MR) is 222 cm³/mol. The highest BCUT2D eigenvalue weighted by atomic mass is 14.5. The first-order valence-corrected chi connectivity index (χ1v) is 18.5. The number of rotatable bonds is 5. The molecule has 0 heteroatoms. The highest BCUT2D eigenvalue weighted by Gasteiger charge is 2.46. The zero-order valence-corrected chi connectivity index (χ0v) is 29.1. The third kappa shape index (κ3) is 4.43. The van der Waals surface area contributed by atoms with Gasteiger partial charge in [0.15, 0.2) is 0 Å². The molecule has 9 aromatic rings. The lowest BCUT2D eigenvalue weighted by Crippen LogP contribution is -2.28. The van der Waals surface area contributed by atoms with Gasteiger partial charge in [-0.1, -0.05) is 182 Å². The molecule has 0 saturated carbocycles. The summed E-state index contributed by atoms with van der Waals surface area (Å²) in [5.41, 5.74) is 20.1. The van der Waals surface area contributed by atoms with Gasteiger partial charge in [0.25, 0.3) is 0 Å². The zero-order chi connectivity index (χ0) is 34.9. The molecule has 0 nitrogen and oxygen atoms in total. The van der Waals surface area contributed by atoms with Crippen molar-refractivity contribution in [1.29, 1.82) is 0 Å². The van der Waals surface area contributed by atoms with Gasteiger partial charge in [0.1, 0.15) is 0 Å². The third-order valence-corrected chi connectivity index (χ3v) is 11.7. The summed E-state index contributed by atoms with van der Waals surface area (Å²) in [6.45, 7) is 0. The number of hydrogen-bond donors (Lipinski definition) is 0. The first kappa shape index (κ1) is 29.9. The molecule has 9 aromatic carbocycles. The van der Waals surface area contributed by atoms with E-state index < -0.39 is 5.41 Å². The summed E-state index contributed by atoms with van der Waals surface area (Å²) in [4.78, 5) is 0. The highest BCUT2D eigenvalue weighted by Crippen LogP contribution is 2.56. The first-order valence-electron chi connectivity index (χ1n) is 18.5. The maximum absolute atomic E-state index is 2.44. The highest BCUT2D eigenvalue weighted by molar-refractivity contribution is 6.16. The van der Waals surface area contributed by atoms with Crippen LogP contribution in [0.4, 0.5) is 0 Å². The SMILES string of the molecule is c1ccc(C2(c3ccccc3)c3ccccc3-c3ccc(-c4ccc(-c5cccc(-c6cc7c8c(cccc8c6)-c6ccccc6-7)c5)cc4)cc32)cc1. The van der Waals surface area contributed by atoms with E-state index in [4.69, 9.17) is 0 Å². The Bertz CT molecular complexity index is 2820. The van der Waals surface area contributed by atoms with Crippen LogP contribution < -0.4 is 0 Å². The summed E-state index contributed by atoms with van der Waals surface area (Å²) in [6.07, 6.45) is 0. The molecule has 0 radical (unpaired) electrons. The van der Waals surface area contributed by atoms with Crippen LogP contribution in [-0.4, -0.2) is 0 Å². The van der Waals surface area contributed by atoms with Crippen LogP contribution in [0, 0.1) is 0 Å². The van der Waals surface area contributed by atoms with Crippen LogP contribution in [0.5, 0.6) is 0 Å². The van der Waals surface area contributed by atoms with Crippen molar-refractivity contribution >= 4 is 10.8 Å². The Labute approximate surface area is 310 Å². The van der Waals surface area contributed by atoms with Crippen LogP contribution in [0.15, 0.2) is 206 Å². The molecule has 53 heavy (non-hydrogen) atoms. The second-order valence-electron chi connectivity index (χ2n) is 14.4. The van der Waals surface area contributed by atoms with Gasteiger partial charge in [-0.3, -0.25) is 0 Å². The summed E-state index contributed by atoms with van der Waals surface area (Å²) in [6, 6.07) is 76.5. The maximum atomic E-state index is 2.44. The van der Waals surface area contributed by atoms with Crippen molar-refractivity contribution in [3.05, 3.63) is 229 Å². The molecule has 0 bridgehead atoms. The number of hydrogen-bond acceptors (Lipinski definition) is 0. The standard InChI is InChI=1S/C53H34/c1-3-16-42(17-4-1)53(43-18-5-2-6-19-43)50-24-10-9-22-46(50)47-30-29-39(34-51(47)53)36-27-25-35(26-28-36)37-13-11-14-38(31-37)41-32-40-15-12-23-48-44-20-7-8-21-45(44)49(33-41)52(40)48/h1-34H. The Balaban J connectivity index is 0.988. The lowest BCUT2D eigenvalue weighted by molar-refractivity contribution is 0.769. The largest absolute Gasteiger partial charge is 0.0713 e. The van der Waals surface area contributed by atoms with E-state index in [9.17, 15) is 0 Å². The zero-order valence-electron chi connectivity index (χ0n) is 29.1. The monoisotopic (exact) mass is 670 g/mol. The average molecular weight is 671 g/mol. The summed E-state index contributed by atoms with van der Waals surface area (Å²) in [5.74, 6) is 0. The Hall–Kier alpha value is -6.76. The van der Waals surface area contributed by atoms with Gasteiger partial charge in [-0.05, 0) is 124 Å². The molecule has 0 heterocycles. The minimum absolute atomic E-state index is 0.406. The van der Waals surface area contributed by atoms with Crippen molar-refractivity contribution in [1.82, 2.24) is 0 Å². The fourth-order valence-electron chi connectivity index (χ4n) is 9.34. The normalized spacial score (nSPS) is 13.1. The second kappa shape index (κ2) is 11.6. The van der Waals surface area contributed by atoms with E-state index in [1.807, 2.05) is 0 Å². The van der Waals surface area contributed by atoms with Gasteiger partial charge in [-0.2, -0.15) is 0 Å². The molecule has 11 rings (SSSR count). The van der Waals surface area contributed by atoms with Gasteiger partial charge in [-0.15, -0.1) is 0 Å². The molecular formula is C53H34. The summed E-state index contributed by atoms with van der Waals surface area (Å²) in [7, 11) is 0. The van der Waals surface area contributed by atoms with E-state index in [1.165, 1.54) is 99.8 Å². The van der Waals surface area contributed by atoms with Crippen LogP contribution in [0.1, 0.15) is 22.3 Å². The first-order chi connectivity index (χ1) is 26.3. The third-order valence-electron chi connectivity index (χ3n) is 11.7. The Morgan fingerprint density at radius 3 is 1.45 bits per heavy atom. The lowest BCUT2D eigenvalue weighted by atomic mass is 9.67. The Morgan fingerprint density at radius 1 is 0.245 bits per heavy atom. The summed E-state index contributed by atoms with van der Waals surface area (Å²) >= 11 is 0. The van der Waals surface area contributed by atoms with Gasteiger partial charge in [0.05, 0.1) is 5.41 Å². The van der Waals surface area contributed by atoms with E-state index in [0.717, 1.165) is 0 Å². The topological polar surface area (TPSA) is 0 Å². The number of fused-ring (bicyclic) bond motifs is 6. The Morgan fingerprint density at radius 2 is 0.755 bits per heavy atom. The van der Waals surface area contributed by atoms with Crippen molar-refractivity contribution in [2.24, 2.45) is 0 Å². The molecule has 0 unspecified atom stereocenters. The molecule has 2 aliphatic carbocycles. The fourth-order valence-corrected chi connectivity index (χ4v) is 9.34. The van der Waals surface area contributed by atoms with Crippen molar-refractivity contribution in [2.75, 3.05) is 0 Å². The van der Waals surface area contributed by atoms with E-state index >= 15 is 0 Å². The minimum atomic E-state index is -0.406. The molecule has 246 valence electrons. The lowest BCUT2D eigenvalue weighted by Gasteiger charge is -2.34. The van der Waals surface area contributed by atoms with E-state index in [1.54, 1.807) is 0 Å². The second-order valence-corrected chi connectivity index (χ2v) is 14.4. The smallest absolute Gasteiger partial charge is 0.0622 e. The van der Waals surface area contributed by atoms with Crippen LogP contribution in [0.25, 0.3) is 77.5 Å². The van der Waals surface area contributed by atoms with Gasteiger partial charge < -0.3 is 0 Å². The van der Waals surface area contributed by atoms with Crippen LogP contribution in [-0.2, 0) is 5.41 Å². The average Bonchev–Trinajstić information content (AvgIpc) is 3.73. The van der Waals surface area contributed by atoms with E-state index in [-0.39, 0.29) is 0 Å². The quantitative estimate of drug-likeness (QED) is 0.171. The van der Waals surface area contributed by atoms with Crippen molar-refractivity contribution < 1.29 is 0 Å². The molecule has 0 fully saturated rings. The Kier molecular flexibility index (Phi) is 6.57. The molecular weight excluding hydrogens is 637 g/mol. The summed E-state index contributed by atoms with van der Waals surface area (Å²) < 4.78 is 0. The van der Waals surface area contributed by atoms with Gasteiger partial charge in [0.2, 0.25) is 0 Å². The van der Waals surface area contributed by atoms with Crippen molar-refractivity contribution in [2.45, 2.75) is 5.41 Å². The van der Waals surface area contributed by atoms with Crippen molar-refractivity contribution in [3.8, 4) is 66.8 Å². The van der Waals surface area contributed by atoms with Gasteiger partial charge in [-0.25, -0.2) is 0 Å². The molecule has 0 aliphatic heterocycles. The van der Waals surface area contributed by atoms with Gasteiger partial charge in [0, 0.05) is 0 Å². The minimum Gasteiger partial charge on any atom is -0.0622 e. The molecule has 0 N–H and O–H groups in total. The fraction of sp³-hybridized carbons (Fsp3) is 0.0189. The molecule has 0 atom stereocenters. The molecule has 2 aliphatic rings. The van der Waals surface area contributed by atoms with Crippen LogP contribution in [0.2, 0.25) is 0 Å². The van der Waals surface area contributed by atoms with Crippen molar-refractivity contribution in [3.63, 3.8) is 0 Å².